The van der Waals surface area contributed by atoms with Gasteiger partial charge in [0, 0.05) is 24.1 Å². The summed E-state index contributed by atoms with van der Waals surface area (Å²) in [6, 6.07) is 9.75. The Labute approximate surface area is 168 Å². The van der Waals surface area contributed by atoms with Crippen molar-refractivity contribution in [3.05, 3.63) is 41.6 Å². The minimum Gasteiger partial charge on any atom is -0.497 e. The van der Waals surface area contributed by atoms with E-state index in [9.17, 15) is 4.79 Å². The van der Waals surface area contributed by atoms with Crippen LogP contribution in [0.25, 0.3) is 22.4 Å². The topological polar surface area (TPSA) is 89.3 Å². The normalized spacial score (nSPS) is 19.3. The number of ether oxygens (including phenoxy) is 1. The predicted molar refractivity (Wildman–Crippen MR) is 109 cm³/mol. The van der Waals surface area contributed by atoms with Crippen LogP contribution in [-0.4, -0.2) is 42.3 Å². The van der Waals surface area contributed by atoms with Crippen molar-refractivity contribution in [3.8, 4) is 17.0 Å². The molecule has 2 aromatic heterocycles. The van der Waals surface area contributed by atoms with Crippen molar-refractivity contribution in [3.63, 3.8) is 0 Å². The van der Waals surface area contributed by atoms with Crippen molar-refractivity contribution in [2.75, 3.05) is 20.2 Å². The largest absolute Gasteiger partial charge is 0.497 e. The maximum absolute atomic E-state index is 13.1. The second-order valence-corrected chi connectivity index (χ2v) is 7.82. The van der Waals surface area contributed by atoms with Crippen molar-refractivity contribution in [1.82, 2.24) is 20.8 Å². The number of methoxy groups -OCH3 is 1. The molecule has 1 atom stereocenters. The Kier molecular flexibility index (Phi) is 4.67. The number of benzene rings is 1. The summed E-state index contributed by atoms with van der Waals surface area (Å²) in [5, 5.41) is 11.6. The number of rotatable bonds is 5. The zero-order chi connectivity index (χ0) is 19.8. The monoisotopic (exact) mass is 392 g/mol. The van der Waals surface area contributed by atoms with Crippen LogP contribution in [0.3, 0.4) is 0 Å². The molecule has 2 aliphatic rings. The van der Waals surface area contributed by atoms with Crippen molar-refractivity contribution in [2.24, 2.45) is 0 Å². The molecule has 1 saturated carbocycles. The number of fused-ring (bicyclic) bond motifs is 1. The van der Waals surface area contributed by atoms with Crippen molar-refractivity contribution in [1.29, 1.82) is 0 Å². The van der Waals surface area contributed by atoms with Crippen LogP contribution in [0.5, 0.6) is 5.75 Å². The average Bonchev–Trinajstić information content (AvgIpc) is 3.48. The van der Waals surface area contributed by atoms with Crippen LogP contribution in [0, 0.1) is 0 Å². The molecule has 0 bridgehead atoms. The highest BCUT2D eigenvalue weighted by Crippen LogP contribution is 2.34. The molecular formula is C22H24N4O3. The molecule has 29 heavy (non-hydrogen) atoms. The van der Waals surface area contributed by atoms with Crippen LogP contribution in [0.4, 0.5) is 0 Å². The number of hydrogen-bond acceptors (Lipinski definition) is 6. The molecule has 7 nitrogen and oxygen atoms in total. The van der Waals surface area contributed by atoms with E-state index < -0.39 is 0 Å². The van der Waals surface area contributed by atoms with Gasteiger partial charge >= 0.3 is 0 Å². The highest BCUT2D eigenvalue weighted by Gasteiger charge is 2.29. The molecule has 1 amide bonds. The lowest BCUT2D eigenvalue weighted by Crippen LogP contribution is -2.29. The van der Waals surface area contributed by atoms with E-state index >= 15 is 0 Å². The van der Waals surface area contributed by atoms with Crippen LogP contribution in [-0.2, 0) is 0 Å². The van der Waals surface area contributed by atoms with E-state index in [4.69, 9.17) is 9.26 Å². The van der Waals surface area contributed by atoms with E-state index in [0.717, 1.165) is 61.2 Å². The predicted octanol–water partition coefficient (Wildman–Crippen LogP) is 3.26. The number of aromatic nitrogens is 2. The Morgan fingerprint density at radius 3 is 2.76 bits per heavy atom. The quantitative estimate of drug-likeness (QED) is 0.693. The van der Waals surface area contributed by atoms with E-state index in [0.29, 0.717) is 17.0 Å². The summed E-state index contributed by atoms with van der Waals surface area (Å²) in [5.74, 6) is 0.919. The summed E-state index contributed by atoms with van der Waals surface area (Å²) < 4.78 is 10.9. The van der Waals surface area contributed by atoms with Crippen LogP contribution >= 0.6 is 0 Å². The first-order chi connectivity index (χ1) is 14.2. The zero-order valence-electron chi connectivity index (χ0n) is 16.4. The maximum Gasteiger partial charge on any atom is 0.259 e. The molecule has 0 radical (unpaired) electrons. The molecule has 1 aromatic carbocycles. The van der Waals surface area contributed by atoms with Crippen molar-refractivity contribution in [2.45, 2.75) is 37.6 Å². The lowest BCUT2D eigenvalue weighted by molar-refractivity contribution is 0.0952. The smallest absolute Gasteiger partial charge is 0.259 e. The molecule has 1 aliphatic carbocycles. The summed E-state index contributed by atoms with van der Waals surface area (Å²) in [5.41, 5.74) is 3.42. The molecule has 1 unspecified atom stereocenters. The Morgan fingerprint density at radius 2 is 2.07 bits per heavy atom. The Hall–Kier alpha value is -2.93. The maximum atomic E-state index is 13.1. The SMILES string of the molecule is COc1ccc(-c2cc(C(=O)NC3CC3)c3c(C4CCCNC4)noc3n2)cc1. The first-order valence-corrected chi connectivity index (χ1v) is 10.2. The third-order valence-electron chi connectivity index (χ3n) is 5.70. The van der Waals surface area contributed by atoms with Gasteiger partial charge < -0.3 is 19.9 Å². The van der Waals surface area contributed by atoms with Gasteiger partial charge in [0.15, 0.2) is 0 Å². The van der Waals surface area contributed by atoms with Crippen LogP contribution in [0.1, 0.15) is 47.7 Å². The van der Waals surface area contributed by atoms with Gasteiger partial charge in [-0.2, -0.15) is 0 Å². The summed E-state index contributed by atoms with van der Waals surface area (Å²) in [7, 11) is 1.63. The van der Waals surface area contributed by atoms with Crippen LogP contribution in [0.2, 0.25) is 0 Å². The van der Waals surface area contributed by atoms with Gasteiger partial charge in [0.2, 0.25) is 0 Å². The first-order valence-electron chi connectivity index (χ1n) is 10.2. The van der Waals surface area contributed by atoms with E-state index in [-0.39, 0.29) is 17.9 Å². The standard InChI is InChI=1S/C22H24N4O3/c1-28-16-8-4-13(5-9-16)18-11-17(21(27)24-15-6-7-15)19-20(26-29-22(19)25-18)14-3-2-10-23-12-14/h4-5,8-9,11,14-15,23H,2-3,6-7,10,12H2,1H3,(H,24,27). The van der Waals surface area contributed by atoms with E-state index in [1.54, 1.807) is 7.11 Å². The second-order valence-electron chi connectivity index (χ2n) is 7.82. The fraction of sp³-hybridized carbons (Fsp3) is 0.409. The highest BCUT2D eigenvalue weighted by atomic mass is 16.5. The summed E-state index contributed by atoms with van der Waals surface area (Å²) in [6.07, 6.45) is 4.18. The molecule has 3 aromatic rings. The summed E-state index contributed by atoms with van der Waals surface area (Å²) >= 11 is 0. The number of amides is 1. The number of nitrogens with zero attached hydrogens (tertiary/aromatic N) is 2. The number of carbonyl (C=O) groups is 1. The van der Waals surface area contributed by atoms with E-state index in [1.165, 1.54) is 0 Å². The number of nitrogens with one attached hydrogen (secondary N) is 2. The van der Waals surface area contributed by atoms with Gasteiger partial charge in [-0.15, -0.1) is 0 Å². The molecule has 1 aliphatic heterocycles. The van der Waals surface area contributed by atoms with Gasteiger partial charge in [-0.3, -0.25) is 4.79 Å². The van der Waals surface area contributed by atoms with Gasteiger partial charge in [-0.1, -0.05) is 5.16 Å². The Bertz CT molecular complexity index is 1030. The van der Waals surface area contributed by atoms with Crippen molar-refractivity contribution >= 4 is 17.0 Å². The fourth-order valence-corrected chi connectivity index (χ4v) is 3.92. The lowest BCUT2D eigenvalue weighted by Gasteiger charge is -2.21. The Balaban J connectivity index is 1.61. The minimum absolute atomic E-state index is 0.0807. The van der Waals surface area contributed by atoms with Crippen LogP contribution < -0.4 is 15.4 Å². The van der Waals surface area contributed by atoms with Gasteiger partial charge in [0.05, 0.1) is 29.4 Å². The summed E-state index contributed by atoms with van der Waals surface area (Å²) in [4.78, 5) is 17.8. The molecule has 2 fully saturated rings. The number of carbonyl (C=O) groups excluding carboxylic acids is 1. The summed E-state index contributed by atoms with van der Waals surface area (Å²) in [6.45, 7) is 1.85. The molecule has 150 valence electrons. The number of piperidine rings is 1. The Morgan fingerprint density at radius 1 is 1.24 bits per heavy atom. The molecule has 0 spiro atoms. The first kappa shape index (κ1) is 18.1. The molecule has 7 heteroatoms. The lowest BCUT2D eigenvalue weighted by atomic mass is 9.92. The minimum atomic E-state index is -0.0807. The van der Waals surface area contributed by atoms with Crippen molar-refractivity contribution < 1.29 is 14.1 Å². The van der Waals surface area contributed by atoms with E-state index in [1.807, 2.05) is 30.3 Å². The zero-order valence-corrected chi connectivity index (χ0v) is 16.4. The molecule has 2 N–H and O–H groups in total. The molecular weight excluding hydrogens is 368 g/mol. The second kappa shape index (κ2) is 7.48. The fourth-order valence-electron chi connectivity index (χ4n) is 3.92. The molecule has 3 heterocycles. The molecule has 1 saturated heterocycles. The third kappa shape index (κ3) is 3.58. The van der Waals surface area contributed by atoms with Gasteiger partial charge in [-0.25, -0.2) is 4.98 Å². The number of hydrogen-bond donors (Lipinski definition) is 2. The average molecular weight is 392 g/mol. The van der Waals surface area contributed by atoms with Gasteiger partial charge in [0.25, 0.3) is 11.6 Å². The van der Waals surface area contributed by atoms with E-state index in [2.05, 4.69) is 20.8 Å². The third-order valence-corrected chi connectivity index (χ3v) is 5.70. The highest BCUT2D eigenvalue weighted by molar-refractivity contribution is 6.07. The van der Waals surface area contributed by atoms with Gasteiger partial charge in [-0.05, 0) is 62.6 Å². The number of pyridine rings is 1. The van der Waals surface area contributed by atoms with Gasteiger partial charge in [0.1, 0.15) is 5.75 Å². The molecule has 5 rings (SSSR count). The van der Waals surface area contributed by atoms with Crippen LogP contribution in [0.15, 0.2) is 34.9 Å².